The Morgan fingerprint density at radius 3 is 1.51 bits per heavy atom. The molecular formula is C28H28N2O5. The summed E-state index contributed by atoms with van der Waals surface area (Å²) in [4.78, 5) is 8.05. The number of para-hydroxylation sites is 1. The van der Waals surface area contributed by atoms with Crippen LogP contribution in [0.2, 0.25) is 0 Å². The third kappa shape index (κ3) is 9.97. The van der Waals surface area contributed by atoms with Gasteiger partial charge in [0.05, 0.1) is 57.4 Å². The van der Waals surface area contributed by atoms with Gasteiger partial charge in [0, 0.05) is 35.9 Å². The summed E-state index contributed by atoms with van der Waals surface area (Å²) in [5.41, 5.74) is 3.22. The maximum atomic E-state index is 8.65. The fraction of sp³-hybridized carbons (Fsp3) is 0.286. The average molecular weight is 473 g/mol. The van der Waals surface area contributed by atoms with Gasteiger partial charge in [-0.25, -0.2) is 0 Å². The number of aromatic nitrogens is 2. The van der Waals surface area contributed by atoms with Crippen molar-refractivity contribution in [3.05, 3.63) is 89.5 Å². The summed E-state index contributed by atoms with van der Waals surface area (Å²) in [6.45, 7) is 2.89. The molecule has 0 aliphatic heterocycles. The molecule has 180 valence electrons. The van der Waals surface area contributed by atoms with Gasteiger partial charge in [-0.05, 0) is 36.4 Å². The highest BCUT2D eigenvalue weighted by molar-refractivity contribution is 5.59. The second-order valence-corrected chi connectivity index (χ2v) is 7.06. The van der Waals surface area contributed by atoms with Crippen molar-refractivity contribution in [1.82, 2.24) is 9.97 Å². The van der Waals surface area contributed by atoms with Crippen molar-refractivity contribution in [3.63, 3.8) is 0 Å². The summed E-state index contributed by atoms with van der Waals surface area (Å²) < 4.78 is 22.2. The van der Waals surface area contributed by atoms with E-state index in [-0.39, 0.29) is 6.61 Å². The summed E-state index contributed by atoms with van der Waals surface area (Å²) in [6.07, 6.45) is 6.84. The number of pyridine rings is 2. The van der Waals surface area contributed by atoms with E-state index in [1.807, 2.05) is 42.5 Å². The van der Waals surface area contributed by atoms with Gasteiger partial charge in [-0.2, -0.15) is 0 Å². The Bertz CT molecular complexity index is 1060. The quantitative estimate of drug-likeness (QED) is 0.321. The Morgan fingerprint density at radius 1 is 0.571 bits per heavy atom. The lowest BCUT2D eigenvalue weighted by molar-refractivity contribution is 0.00359. The van der Waals surface area contributed by atoms with E-state index in [0.717, 1.165) is 22.3 Å². The van der Waals surface area contributed by atoms with Gasteiger partial charge in [0.1, 0.15) is 6.61 Å². The molecular weight excluding hydrogens is 444 g/mol. The molecule has 2 aromatic heterocycles. The SMILES string of the molecule is OCCOCCOCCOCCOc1c(C#Cc2ccncc2)cccc1C#Cc1ccncc1. The molecule has 0 aliphatic carbocycles. The van der Waals surface area contributed by atoms with Crippen LogP contribution < -0.4 is 4.74 Å². The third-order valence-corrected chi connectivity index (χ3v) is 4.51. The van der Waals surface area contributed by atoms with Gasteiger partial charge >= 0.3 is 0 Å². The topological polar surface area (TPSA) is 82.9 Å². The molecule has 0 amide bonds. The normalized spacial score (nSPS) is 10.1. The molecule has 0 unspecified atom stereocenters. The van der Waals surface area contributed by atoms with Crippen molar-refractivity contribution < 1.29 is 24.1 Å². The lowest BCUT2D eigenvalue weighted by Crippen LogP contribution is -2.13. The molecule has 0 aliphatic rings. The Kier molecular flexibility index (Phi) is 11.8. The fourth-order valence-electron chi connectivity index (χ4n) is 2.85. The van der Waals surface area contributed by atoms with Crippen LogP contribution in [0.15, 0.2) is 67.3 Å². The van der Waals surface area contributed by atoms with Crippen molar-refractivity contribution in [2.45, 2.75) is 0 Å². The van der Waals surface area contributed by atoms with Crippen molar-refractivity contribution in [3.8, 4) is 29.4 Å². The van der Waals surface area contributed by atoms with Crippen LogP contribution >= 0.6 is 0 Å². The third-order valence-electron chi connectivity index (χ3n) is 4.51. The van der Waals surface area contributed by atoms with Crippen LogP contribution in [0.3, 0.4) is 0 Å². The Labute approximate surface area is 206 Å². The van der Waals surface area contributed by atoms with Crippen LogP contribution in [0.5, 0.6) is 5.75 Å². The molecule has 0 fully saturated rings. The summed E-state index contributed by atoms with van der Waals surface area (Å²) in [5.74, 6) is 13.3. The van der Waals surface area contributed by atoms with Crippen molar-refractivity contribution >= 4 is 0 Å². The predicted molar refractivity (Wildman–Crippen MR) is 132 cm³/mol. The molecule has 1 N–H and O–H groups in total. The van der Waals surface area contributed by atoms with Crippen LogP contribution in [0.1, 0.15) is 22.3 Å². The van der Waals surface area contributed by atoms with Crippen LogP contribution in [-0.4, -0.2) is 67.9 Å². The average Bonchev–Trinajstić information content (AvgIpc) is 2.91. The maximum Gasteiger partial charge on any atom is 0.150 e. The largest absolute Gasteiger partial charge is 0.489 e. The number of hydrogen-bond donors (Lipinski definition) is 1. The highest BCUT2D eigenvalue weighted by Crippen LogP contribution is 2.23. The standard InChI is InChI=1S/C28H28N2O5/c31-16-17-32-18-19-33-20-21-34-22-23-35-28-26(6-4-24-8-12-29-13-9-24)2-1-3-27(28)7-5-25-10-14-30-15-11-25/h1-3,8-15,31H,16-23H2. The van der Waals surface area contributed by atoms with E-state index < -0.39 is 0 Å². The first-order valence-electron chi connectivity index (χ1n) is 11.3. The zero-order chi connectivity index (χ0) is 24.4. The summed E-state index contributed by atoms with van der Waals surface area (Å²) in [5, 5.41) is 8.65. The molecule has 3 rings (SSSR count). The minimum absolute atomic E-state index is 0.0125. The number of nitrogens with zero attached hydrogens (tertiary/aromatic N) is 2. The van der Waals surface area contributed by atoms with E-state index in [0.29, 0.717) is 52.0 Å². The number of aliphatic hydroxyl groups excluding tert-OH is 1. The van der Waals surface area contributed by atoms with E-state index in [9.17, 15) is 0 Å². The second kappa shape index (κ2) is 16.0. The first-order valence-corrected chi connectivity index (χ1v) is 11.3. The van der Waals surface area contributed by atoms with Crippen LogP contribution in [0.4, 0.5) is 0 Å². The van der Waals surface area contributed by atoms with Gasteiger partial charge in [-0.1, -0.05) is 29.7 Å². The van der Waals surface area contributed by atoms with Crippen molar-refractivity contribution in [1.29, 1.82) is 0 Å². The summed E-state index contributed by atoms with van der Waals surface area (Å²) in [6, 6.07) is 13.2. The van der Waals surface area contributed by atoms with Crippen LogP contribution in [0, 0.1) is 23.7 Å². The minimum atomic E-state index is 0.0125. The number of hydrogen-bond acceptors (Lipinski definition) is 7. The fourth-order valence-corrected chi connectivity index (χ4v) is 2.85. The molecule has 1 aromatic carbocycles. The molecule has 7 nitrogen and oxygen atoms in total. The smallest absolute Gasteiger partial charge is 0.150 e. The van der Waals surface area contributed by atoms with Crippen LogP contribution in [0.25, 0.3) is 0 Å². The molecule has 0 saturated heterocycles. The summed E-state index contributed by atoms with van der Waals surface area (Å²) in [7, 11) is 0. The minimum Gasteiger partial charge on any atom is -0.489 e. The maximum absolute atomic E-state index is 8.65. The molecule has 7 heteroatoms. The predicted octanol–water partition coefficient (Wildman–Crippen LogP) is 2.70. The molecule has 0 saturated carbocycles. The molecule has 0 spiro atoms. The molecule has 3 aromatic rings. The number of rotatable bonds is 12. The van der Waals surface area contributed by atoms with Crippen molar-refractivity contribution in [2.24, 2.45) is 0 Å². The Morgan fingerprint density at radius 2 is 1.03 bits per heavy atom. The highest BCUT2D eigenvalue weighted by Gasteiger charge is 2.07. The van der Waals surface area contributed by atoms with E-state index in [2.05, 4.69) is 33.6 Å². The van der Waals surface area contributed by atoms with Gasteiger partial charge in [-0.15, -0.1) is 0 Å². The van der Waals surface area contributed by atoms with Gasteiger partial charge in [0.2, 0.25) is 0 Å². The zero-order valence-corrected chi connectivity index (χ0v) is 19.5. The second-order valence-electron chi connectivity index (χ2n) is 7.06. The lowest BCUT2D eigenvalue weighted by Gasteiger charge is -2.11. The van der Waals surface area contributed by atoms with Gasteiger partial charge in [0.15, 0.2) is 5.75 Å². The molecule has 0 atom stereocenters. The summed E-state index contributed by atoms with van der Waals surface area (Å²) >= 11 is 0. The van der Waals surface area contributed by atoms with Gasteiger partial charge in [0.25, 0.3) is 0 Å². The molecule has 0 radical (unpaired) electrons. The first kappa shape index (κ1) is 25.9. The monoisotopic (exact) mass is 472 g/mol. The van der Waals surface area contributed by atoms with Crippen LogP contribution in [-0.2, 0) is 14.2 Å². The van der Waals surface area contributed by atoms with E-state index >= 15 is 0 Å². The van der Waals surface area contributed by atoms with E-state index in [1.165, 1.54) is 0 Å². The Hall–Kier alpha value is -3.72. The highest BCUT2D eigenvalue weighted by atomic mass is 16.6. The number of benzene rings is 1. The molecule has 35 heavy (non-hydrogen) atoms. The van der Waals surface area contributed by atoms with E-state index in [1.54, 1.807) is 24.8 Å². The first-order chi connectivity index (χ1) is 17.4. The van der Waals surface area contributed by atoms with E-state index in [4.69, 9.17) is 24.1 Å². The number of ether oxygens (including phenoxy) is 4. The number of aliphatic hydroxyl groups is 1. The molecule has 2 heterocycles. The van der Waals surface area contributed by atoms with Crippen molar-refractivity contribution in [2.75, 3.05) is 52.9 Å². The van der Waals surface area contributed by atoms with Gasteiger partial charge < -0.3 is 24.1 Å². The molecule has 0 bridgehead atoms. The lowest BCUT2D eigenvalue weighted by atomic mass is 10.1. The Balaban J connectivity index is 1.60. The van der Waals surface area contributed by atoms with Gasteiger partial charge in [-0.3, -0.25) is 9.97 Å². The zero-order valence-electron chi connectivity index (χ0n) is 19.5.